The molecule has 3 N–H and O–H groups in total. The number of hydrogen-bond acceptors (Lipinski definition) is 3. The van der Waals surface area contributed by atoms with Crippen molar-refractivity contribution in [2.75, 3.05) is 13.1 Å². The summed E-state index contributed by atoms with van der Waals surface area (Å²) in [6.45, 7) is 4.04. The van der Waals surface area contributed by atoms with E-state index in [1.54, 1.807) is 12.1 Å². The summed E-state index contributed by atoms with van der Waals surface area (Å²) in [6.07, 6.45) is 5.72. The molecular weight excluding hydrogens is 304 g/mol. The van der Waals surface area contributed by atoms with E-state index in [0.717, 1.165) is 49.7 Å². The minimum Gasteiger partial charge on any atom is -0.388 e. The van der Waals surface area contributed by atoms with Crippen LogP contribution in [0.5, 0.6) is 0 Å². The standard InChI is InChI=1S/C19H28N2O3/c1-14-9-15(2)11-16(10-14)18(23)20-12-17(22)21-13-19(24)7-5-3-4-6-8-19/h9-11,24H,3-8,12-13H2,1-2H3,(H,20,23)(H,21,22). The van der Waals surface area contributed by atoms with Crippen molar-refractivity contribution in [3.05, 3.63) is 34.9 Å². The first-order valence-electron chi connectivity index (χ1n) is 8.74. The van der Waals surface area contributed by atoms with E-state index >= 15 is 0 Å². The van der Waals surface area contributed by atoms with E-state index in [-0.39, 0.29) is 24.9 Å². The second kappa shape index (κ2) is 8.29. The quantitative estimate of drug-likeness (QED) is 0.724. The third-order valence-electron chi connectivity index (χ3n) is 4.54. The lowest BCUT2D eigenvalue weighted by atomic mass is 9.94. The second-order valence-electron chi connectivity index (χ2n) is 6.97. The monoisotopic (exact) mass is 332 g/mol. The molecule has 5 nitrogen and oxygen atoms in total. The maximum absolute atomic E-state index is 12.1. The van der Waals surface area contributed by atoms with E-state index < -0.39 is 5.60 Å². The Bertz CT molecular complexity index is 570. The minimum atomic E-state index is -0.802. The molecule has 0 aromatic heterocycles. The molecule has 1 fully saturated rings. The van der Waals surface area contributed by atoms with Crippen molar-refractivity contribution >= 4 is 11.8 Å². The number of benzene rings is 1. The fourth-order valence-corrected chi connectivity index (χ4v) is 3.26. The summed E-state index contributed by atoms with van der Waals surface area (Å²) in [4.78, 5) is 24.1. The molecule has 0 atom stereocenters. The molecule has 1 aliphatic rings. The highest BCUT2D eigenvalue weighted by molar-refractivity contribution is 5.96. The van der Waals surface area contributed by atoms with Crippen LogP contribution < -0.4 is 10.6 Å². The zero-order valence-corrected chi connectivity index (χ0v) is 14.7. The van der Waals surface area contributed by atoms with Crippen molar-refractivity contribution in [3.8, 4) is 0 Å². The highest BCUT2D eigenvalue weighted by Gasteiger charge is 2.28. The summed E-state index contributed by atoms with van der Waals surface area (Å²) in [5, 5.41) is 15.9. The Balaban J connectivity index is 1.79. The number of nitrogens with one attached hydrogen (secondary N) is 2. The van der Waals surface area contributed by atoms with Crippen LogP contribution in [-0.2, 0) is 4.79 Å². The molecule has 0 heterocycles. The molecule has 1 saturated carbocycles. The van der Waals surface area contributed by atoms with Crippen LogP contribution in [0.15, 0.2) is 18.2 Å². The van der Waals surface area contributed by atoms with Gasteiger partial charge in [0.15, 0.2) is 0 Å². The molecule has 0 spiro atoms. The molecule has 0 saturated heterocycles. The van der Waals surface area contributed by atoms with Crippen LogP contribution in [0.3, 0.4) is 0 Å². The molecule has 1 aromatic rings. The molecule has 0 bridgehead atoms. The maximum atomic E-state index is 12.1. The van der Waals surface area contributed by atoms with Crippen molar-refractivity contribution in [3.63, 3.8) is 0 Å². The Morgan fingerprint density at radius 2 is 1.58 bits per heavy atom. The molecule has 0 radical (unpaired) electrons. The van der Waals surface area contributed by atoms with Crippen LogP contribution in [0, 0.1) is 13.8 Å². The first-order valence-corrected chi connectivity index (χ1v) is 8.74. The van der Waals surface area contributed by atoms with E-state index in [4.69, 9.17) is 0 Å². The molecule has 2 amide bonds. The van der Waals surface area contributed by atoms with Gasteiger partial charge >= 0.3 is 0 Å². The lowest BCUT2D eigenvalue weighted by Gasteiger charge is -2.26. The number of amides is 2. The summed E-state index contributed by atoms with van der Waals surface area (Å²) < 4.78 is 0. The molecule has 132 valence electrons. The Hall–Kier alpha value is -1.88. The average molecular weight is 332 g/mol. The summed E-state index contributed by atoms with van der Waals surface area (Å²) in [5.74, 6) is -0.532. The first-order chi connectivity index (χ1) is 11.4. The van der Waals surface area contributed by atoms with E-state index in [2.05, 4.69) is 10.6 Å². The fraction of sp³-hybridized carbons (Fsp3) is 0.579. The van der Waals surface area contributed by atoms with Gasteiger partial charge in [-0.3, -0.25) is 9.59 Å². The van der Waals surface area contributed by atoms with E-state index in [0.29, 0.717) is 5.56 Å². The number of aryl methyl sites for hydroxylation is 2. The predicted molar refractivity (Wildman–Crippen MR) is 93.9 cm³/mol. The lowest BCUT2D eigenvalue weighted by molar-refractivity contribution is -0.121. The van der Waals surface area contributed by atoms with Crippen LogP contribution in [0.4, 0.5) is 0 Å². The largest absolute Gasteiger partial charge is 0.388 e. The SMILES string of the molecule is Cc1cc(C)cc(C(=O)NCC(=O)NCC2(O)CCCCCC2)c1. The topological polar surface area (TPSA) is 78.4 Å². The molecule has 0 unspecified atom stereocenters. The molecule has 1 aliphatic carbocycles. The molecule has 2 rings (SSSR count). The summed E-state index contributed by atoms with van der Waals surface area (Å²) in [7, 11) is 0. The zero-order chi connectivity index (χ0) is 17.6. The Kier molecular flexibility index (Phi) is 6.37. The second-order valence-corrected chi connectivity index (χ2v) is 6.97. The summed E-state index contributed by atoms with van der Waals surface area (Å²) in [6, 6.07) is 5.60. The lowest BCUT2D eigenvalue weighted by Crippen LogP contribution is -2.45. The number of rotatable bonds is 5. The number of carbonyl (C=O) groups is 2. The van der Waals surface area contributed by atoms with Crippen LogP contribution >= 0.6 is 0 Å². The van der Waals surface area contributed by atoms with Gasteiger partial charge in [0.05, 0.1) is 12.1 Å². The number of hydrogen-bond donors (Lipinski definition) is 3. The Morgan fingerprint density at radius 3 is 2.17 bits per heavy atom. The van der Waals surface area contributed by atoms with Crippen molar-refractivity contribution in [1.29, 1.82) is 0 Å². The van der Waals surface area contributed by atoms with Crippen molar-refractivity contribution in [2.24, 2.45) is 0 Å². The average Bonchev–Trinajstić information content (AvgIpc) is 2.75. The zero-order valence-electron chi connectivity index (χ0n) is 14.7. The van der Waals surface area contributed by atoms with Crippen molar-refractivity contribution in [2.45, 2.75) is 58.0 Å². The van der Waals surface area contributed by atoms with Crippen LogP contribution in [0.25, 0.3) is 0 Å². The number of carbonyl (C=O) groups excluding carboxylic acids is 2. The normalized spacial score (nSPS) is 17.0. The van der Waals surface area contributed by atoms with Gasteiger partial charge in [0.2, 0.25) is 5.91 Å². The van der Waals surface area contributed by atoms with Crippen LogP contribution in [-0.4, -0.2) is 35.6 Å². The van der Waals surface area contributed by atoms with Gasteiger partial charge < -0.3 is 15.7 Å². The summed E-state index contributed by atoms with van der Waals surface area (Å²) >= 11 is 0. The predicted octanol–water partition coefficient (Wildman–Crippen LogP) is 2.23. The van der Waals surface area contributed by atoms with E-state index in [9.17, 15) is 14.7 Å². The van der Waals surface area contributed by atoms with Gasteiger partial charge in [-0.05, 0) is 38.8 Å². The van der Waals surface area contributed by atoms with Crippen LogP contribution in [0.2, 0.25) is 0 Å². The highest BCUT2D eigenvalue weighted by atomic mass is 16.3. The third kappa shape index (κ3) is 5.64. The smallest absolute Gasteiger partial charge is 0.251 e. The van der Waals surface area contributed by atoms with Gasteiger partial charge in [0, 0.05) is 12.1 Å². The van der Waals surface area contributed by atoms with Crippen molar-refractivity contribution < 1.29 is 14.7 Å². The fourth-order valence-electron chi connectivity index (χ4n) is 3.26. The van der Waals surface area contributed by atoms with Gasteiger partial charge in [0.1, 0.15) is 0 Å². The van der Waals surface area contributed by atoms with Gasteiger partial charge in [0.25, 0.3) is 5.91 Å². The maximum Gasteiger partial charge on any atom is 0.251 e. The molecule has 24 heavy (non-hydrogen) atoms. The third-order valence-corrected chi connectivity index (χ3v) is 4.54. The van der Waals surface area contributed by atoms with Gasteiger partial charge in [-0.15, -0.1) is 0 Å². The van der Waals surface area contributed by atoms with Gasteiger partial charge in [-0.2, -0.15) is 0 Å². The molecule has 0 aliphatic heterocycles. The minimum absolute atomic E-state index is 0.0814. The highest BCUT2D eigenvalue weighted by Crippen LogP contribution is 2.26. The van der Waals surface area contributed by atoms with Gasteiger partial charge in [-0.1, -0.05) is 42.9 Å². The van der Waals surface area contributed by atoms with E-state index in [1.165, 1.54) is 0 Å². The molecular formula is C19H28N2O3. The Morgan fingerprint density at radius 1 is 1.00 bits per heavy atom. The first kappa shape index (κ1) is 18.5. The molecule has 5 heteroatoms. The van der Waals surface area contributed by atoms with Crippen molar-refractivity contribution in [1.82, 2.24) is 10.6 Å². The van der Waals surface area contributed by atoms with E-state index in [1.807, 2.05) is 19.9 Å². The van der Waals surface area contributed by atoms with Gasteiger partial charge in [-0.25, -0.2) is 0 Å². The Labute approximate surface area is 143 Å². The number of aliphatic hydroxyl groups is 1. The molecule has 1 aromatic carbocycles. The van der Waals surface area contributed by atoms with Crippen LogP contribution in [0.1, 0.15) is 60.0 Å². The summed E-state index contributed by atoms with van der Waals surface area (Å²) in [5.41, 5.74) is 1.78.